The van der Waals surface area contributed by atoms with Crippen LogP contribution in [0.25, 0.3) is 10.2 Å². The molecule has 4 nitrogen and oxygen atoms in total. The standard InChI is InChI=1S/C23H30N4S/c1-3-21-25-22(20-16-17(2)28-23(20)26-21)24-13-7-8-18-9-11-19(12-10-18)27-14-5-4-6-15-27/h9-12,16H,3-8,13-15H2,1-2H3,(H,24,25,26). The van der Waals surface area contributed by atoms with E-state index in [1.165, 1.54) is 48.5 Å². The van der Waals surface area contributed by atoms with Crippen molar-refractivity contribution >= 4 is 33.1 Å². The Morgan fingerprint density at radius 2 is 1.86 bits per heavy atom. The number of aryl methyl sites for hydroxylation is 3. The fourth-order valence-electron chi connectivity index (χ4n) is 3.90. The first-order valence-corrected chi connectivity index (χ1v) is 11.4. The minimum Gasteiger partial charge on any atom is -0.372 e. The second kappa shape index (κ2) is 8.91. The maximum Gasteiger partial charge on any atom is 0.138 e. The Morgan fingerprint density at radius 1 is 1.07 bits per heavy atom. The molecule has 0 spiro atoms. The Hall–Kier alpha value is -2.14. The highest BCUT2D eigenvalue weighted by molar-refractivity contribution is 7.18. The van der Waals surface area contributed by atoms with Crippen LogP contribution in [-0.2, 0) is 12.8 Å². The predicted molar refractivity (Wildman–Crippen MR) is 121 cm³/mol. The third kappa shape index (κ3) is 4.46. The highest BCUT2D eigenvalue weighted by Gasteiger charge is 2.11. The Labute approximate surface area is 172 Å². The summed E-state index contributed by atoms with van der Waals surface area (Å²) in [6, 6.07) is 11.4. The van der Waals surface area contributed by atoms with Gasteiger partial charge in [-0.15, -0.1) is 11.3 Å². The van der Waals surface area contributed by atoms with Crippen LogP contribution in [-0.4, -0.2) is 29.6 Å². The van der Waals surface area contributed by atoms with E-state index >= 15 is 0 Å². The number of rotatable bonds is 7. The van der Waals surface area contributed by atoms with Crippen LogP contribution < -0.4 is 10.2 Å². The predicted octanol–water partition coefficient (Wildman–Crippen LogP) is 5.60. The molecular weight excluding hydrogens is 364 g/mol. The molecule has 0 bridgehead atoms. The number of nitrogens with one attached hydrogen (secondary N) is 1. The van der Waals surface area contributed by atoms with Crippen molar-refractivity contribution in [3.05, 3.63) is 46.6 Å². The molecule has 5 heteroatoms. The molecule has 0 saturated carbocycles. The topological polar surface area (TPSA) is 41.1 Å². The maximum atomic E-state index is 4.72. The molecule has 148 valence electrons. The summed E-state index contributed by atoms with van der Waals surface area (Å²) < 4.78 is 0. The summed E-state index contributed by atoms with van der Waals surface area (Å²) in [5, 5.41) is 4.71. The van der Waals surface area contributed by atoms with Gasteiger partial charge in [-0.1, -0.05) is 19.1 Å². The van der Waals surface area contributed by atoms with Gasteiger partial charge in [-0.2, -0.15) is 0 Å². The summed E-state index contributed by atoms with van der Waals surface area (Å²) in [4.78, 5) is 14.3. The number of piperidine rings is 1. The molecule has 1 fully saturated rings. The van der Waals surface area contributed by atoms with Gasteiger partial charge in [0.1, 0.15) is 16.5 Å². The molecule has 0 atom stereocenters. The molecule has 1 aliphatic rings. The Balaban J connectivity index is 1.33. The average Bonchev–Trinajstić information content (AvgIpc) is 3.12. The number of hydrogen-bond acceptors (Lipinski definition) is 5. The first-order chi connectivity index (χ1) is 13.7. The molecule has 0 unspecified atom stereocenters. The van der Waals surface area contributed by atoms with Gasteiger partial charge < -0.3 is 10.2 Å². The largest absolute Gasteiger partial charge is 0.372 e. The lowest BCUT2D eigenvalue weighted by Gasteiger charge is -2.28. The SMILES string of the molecule is CCc1nc(NCCCc2ccc(N3CCCCC3)cc2)c2cc(C)sc2n1. The van der Waals surface area contributed by atoms with Crippen molar-refractivity contribution in [3.63, 3.8) is 0 Å². The molecule has 1 aliphatic heterocycles. The van der Waals surface area contributed by atoms with Crippen molar-refractivity contribution in [1.29, 1.82) is 0 Å². The summed E-state index contributed by atoms with van der Waals surface area (Å²) in [5.41, 5.74) is 2.79. The highest BCUT2D eigenvalue weighted by atomic mass is 32.1. The highest BCUT2D eigenvalue weighted by Crippen LogP contribution is 2.28. The fourth-order valence-corrected chi connectivity index (χ4v) is 4.80. The molecule has 0 aliphatic carbocycles. The number of hydrogen-bond donors (Lipinski definition) is 1. The van der Waals surface area contributed by atoms with Crippen molar-refractivity contribution in [1.82, 2.24) is 9.97 Å². The lowest BCUT2D eigenvalue weighted by atomic mass is 10.1. The van der Waals surface area contributed by atoms with Crippen molar-refractivity contribution in [3.8, 4) is 0 Å². The molecule has 4 rings (SSSR count). The van der Waals surface area contributed by atoms with E-state index in [1.807, 2.05) is 0 Å². The number of benzene rings is 1. The second-order valence-corrected chi connectivity index (χ2v) is 8.90. The lowest BCUT2D eigenvalue weighted by molar-refractivity contribution is 0.578. The summed E-state index contributed by atoms with van der Waals surface area (Å²) >= 11 is 1.75. The van der Waals surface area contributed by atoms with Crippen LogP contribution in [0.4, 0.5) is 11.5 Å². The van der Waals surface area contributed by atoms with Crippen molar-refractivity contribution in [2.45, 2.75) is 52.4 Å². The van der Waals surface area contributed by atoms with Gasteiger partial charge in [0.15, 0.2) is 0 Å². The van der Waals surface area contributed by atoms with E-state index in [-0.39, 0.29) is 0 Å². The molecule has 3 heterocycles. The molecule has 0 amide bonds. The average molecular weight is 395 g/mol. The molecule has 28 heavy (non-hydrogen) atoms. The number of thiophene rings is 1. The van der Waals surface area contributed by atoms with Gasteiger partial charge in [0.2, 0.25) is 0 Å². The quantitative estimate of drug-likeness (QED) is 0.530. The smallest absolute Gasteiger partial charge is 0.138 e. The zero-order valence-corrected chi connectivity index (χ0v) is 17.8. The van der Waals surface area contributed by atoms with Gasteiger partial charge in [-0.3, -0.25) is 0 Å². The number of aromatic nitrogens is 2. The summed E-state index contributed by atoms with van der Waals surface area (Å²) in [7, 11) is 0. The zero-order chi connectivity index (χ0) is 19.3. The monoisotopic (exact) mass is 394 g/mol. The van der Waals surface area contributed by atoms with E-state index in [1.54, 1.807) is 11.3 Å². The molecule has 0 radical (unpaired) electrons. The van der Waals surface area contributed by atoms with E-state index in [2.05, 4.69) is 59.4 Å². The van der Waals surface area contributed by atoms with Gasteiger partial charge in [0.05, 0.1) is 5.39 Å². The molecule has 2 aromatic heterocycles. The lowest BCUT2D eigenvalue weighted by Crippen LogP contribution is -2.29. The molecular formula is C23H30N4S. The van der Waals surface area contributed by atoms with E-state index in [4.69, 9.17) is 4.98 Å². The first-order valence-electron chi connectivity index (χ1n) is 10.6. The minimum atomic E-state index is 0.866. The van der Waals surface area contributed by atoms with Crippen LogP contribution in [0.2, 0.25) is 0 Å². The van der Waals surface area contributed by atoms with Crippen molar-refractivity contribution in [2.24, 2.45) is 0 Å². The summed E-state index contributed by atoms with van der Waals surface area (Å²) in [6.45, 7) is 7.59. The van der Waals surface area contributed by atoms with E-state index in [0.717, 1.165) is 47.7 Å². The van der Waals surface area contributed by atoms with Gasteiger partial charge in [0.25, 0.3) is 0 Å². The second-order valence-electron chi connectivity index (χ2n) is 7.66. The summed E-state index contributed by atoms with van der Waals surface area (Å²) in [5.74, 6) is 1.91. The van der Waals surface area contributed by atoms with Crippen LogP contribution >= 0.6 is 11.3 Å². The Bertz CT molecular complexity index is 910. The molecule has 1 saturated heterocycles. The van der Waals surface area contributed by atoms with Gasteiger partial charge in [-0.25, -0.2) is 9.97 Å². The Morgan fingerprint density at radius 3 is 2.61 bits per heavy atom. The molecule has 3 aromatic rings. The number of anilines is 2. The van der Waals surface area contributed by atoms with Crippen LogP contribution in [0.1, 0.15) is 48.9 Å². The first kappa shape index (κ1) is 19.2. The molecule has 1 aromatic carbocycles. The number of fused-ring (bicyclic) bond motifs is 1. The van der Waals surface area contributed by atoms with Gasteiger partial charge in [0, 0.05) is 36.6 Å². The summed E-state index contributed by atoms with van der Waals surface area (Å²) in [6.07, 6.45) is 7.08. The third-order valence-electron chi connectivity index (χ3n) is 5.47. The van der Waals surface area contributed by atoms with Crippen LogP contribution in [0.3, 0.4) is 0 Å². The minimum absolute atomic E-state index is 0.866. The van der Waals surface area contributed by atoms with Crippen LogP contribution in [0, 0.1) is 6.92 Å². The third-order valence-corrected chi connectivity index (χ3v) is 6.42. The van der Waals surface area contributed by atoms with Crippen molar-refractivity contribution in [2.75, 3.05) is 29.9 Å². The van der Waals surface area contributed by atoms with E-state index in [0.29, 0.717) is 0 Å². The maximum absolute atomic E-state index is 4.72. The van der Waals surface area contributed by atoms with Gasteiger partial charge >= 0.3 is 0 Å². The van der Waals surface area contributed by atoms with E-state index < -0.39 is 0 Å². The Kier molecular flexibility index (Phi) is 6.10. The van der Waals surface area contributed by atoms with Crippen molar-refractivity contribution < 1.29 is 0 Å². The van der Waals surface area contributed by atoms with Crippen LogP contribution in [0.5, 0.6) is 0 Å². The molecule has 1 N–H and O–H groups in total. The van der Waals surface area contributed by atoms with E-state index in [9.17, 15) is 0 Å². The van der Waals surface area contributed by atoms with Crippen LogP contribution in [0.15, 0.2) is 30.3 Å². The normalized spacial score (nSPS) is 14.6. The number of nitrogens with zero attached hydrogens (tertiary/aromatic N) is 3. The van der Waals surface area contributed by atoms with Gasteiger partial charge in [-0.05, 0) is 62.8 Å². The fraction of sp³-hybridized carbons (Fsp3) is 0.478. The zero-order valence-electron chi connectivity index (χ0n) is 17.0.